The van der Waals surface area contributed by atoms with E-state index in [-0.39, 0.29) is 18.1 Å². The van der Waals surface area contributed by atoms with E-state index in [0.717, 1.165) is 0 Å². The number of aromatic nitrogens is 1. The number of rotatable bonds is 6. The van der Waals surface area contributed by atoms with E-state index < -0.39 is 18.0 Å². The van der Waals surface area contributed by atoms with E-state index in [4.69, 9.17) is 0 Å². The Morgan fingerprint density at radius 3 is 2.24 bits per heavy atom. The van der Waals surface area contributed by atoms with E-state index in [1.54, 1.807) is 50.3 Å². The van der Waals surface area contributed by atoms with E-state index in [2.05, 4.69) is 0 Å². The summed E-state index contributed by atoms with van der Waals surface area (Å²) in [4.78, 5) is 41.5. The largest absolute Gasteiger partial charge is 0.480 e. The predicted molar refractivity (Wildman–Crippen MR) is 107 cm³/mol. The van der Waals surface area contributed by atoms with Gasteiger partial charge in [0.15, 0.2) is 0 Å². The average Bonchev–Trinajstić information content (AvgIpc) is 2.96. The number of amides is 1. The lowest BCUT2D eigenvalue weighted by atomic mass is 10.00. The summed E-state index contributed by atoms with van der Waals surface area (Å²) in [5, 5.41) is 20.4. The van der Waals surface area contributed by atoms with Crippen LogP contribution in [0.2, 0.25) is 0 Å². The predicted octanol–water partition coefficient (Wildman–Crippen LogP) is 0.708. The molecule has 0 spiro atoms. The van der Waals surface area contributed by atoms with Crippen molar-refractivity contribution in [1.29, 1.82) is 0 Å². The molecular formula is C20H26N4O5. The summed E-state index contributed by atoms with van der Waals surface area (Å²) in [6.07, 6.45) is 0. The first-order chi connectivity index (χ1) is 13.7. The Morgan fingerprint density at radius 1 is 1.07 bits per heavy atom. The van der Waals surface area contributed by atoms with Crippen molar-refractivity contribution in [1.82, 2.24) is 19.3 Å². The van der Waals surface area contributed by atoms with Crippen molar-refractivity contribution in [3.8, 4) is 0 Å². The van der Waals surface area contributed by atoms with Gasteiger partial charge in [-0.2, -0.15) is 0 Å². The molecule has 0 radical (unpaired) electrons. The third-order valence-corrected chi connectivity index (χ3v) is 5.49. The van der Waals surface area contributed by atoms with Gasteiger partial charge in [-0.05, 0) is 6.07 Å². The standard InChI is InChI=1S/C20H26N4O5/c1-21(2)15(25)12-23-8-10-24(11-9-23)18(20(28)29)16-13-6-4-5-7-14(13)22(3)17(16)19(26)27/h4-7,18H,8-12H2,1-3H3,(H,26,27)(H,28,29)/t18-/m1/s1. The van der Waals surface area contributed by atoms with Crippen molar-refractivity contribution < 1.29 is 24.6 Å². The van der Waals surface area contributed by atoms with Gasteiger partial charge in [0, 0.05) is 63.8 Å². The molecule has 0 aliphatic carbocycles. The molecule has 9 nitrogen and oxygen atoms in total. The van der Waals surface area contributed by atoms with Crippen LogP contribution in [0.4, 0.5) is 0 Å². The zero-order valence-corrected chi connectivity index (χ0v) is 16.8. The average molecular weight is 402 g/mol. The molecule has 2 N–H and O–H groups in total. The molecule has 0 saturated carbocycles. The minimum absolute atomic E-state index is 0.00421. The number of aliphatic carboxylic acids is 1. The van der Waals surface area contributed by atoms with Crippen molar-refractivity contribution in [2.45, 2.75) is 6.04 Å². The summed E-state index contributed by atoms with van der Waals surface area (Å²) in [6.45, 7) is 2.22. The number of fused-ring (bicyclic) bond motifs is 1. The van der Waals surface area contributed by atoms with Crippen LogP contribution in [0, 0.1) is 0 Å². The Balaban J connectivity index is 1.93. The van der Waals surface area contributed by atoms with E-state index in [1.165, 1.54) is 9.47 Å². The number of carboxylic acids is 2. The van der Waals surface area contributed by atoms with Crippen LogP contribution >= 0.6 is 0 Å². The molecule has 1 aromatic heterocycles. The summed E-state index contributed by atoms with van der Waals surface area (Å²) in [5.74, 6) is -2.24. The van der Waals surface area contributed by atoms with Crippen molar-refractivity contribution in [2.75, 3.05) is 46.8 Å². The van der Waals surface area contributed by atoms with Gasteiger partial charge in [0.05, 0.1) is 6.54 Å². The molecule has 1 aromatic carbocycles. The quantitative estimate of drug-likeness (QED) is 0.733. The number of hydrogen-bond donors (Lipinski definition) is 2. The molecule has 0 bridgehead atoms. The number of nitrogens with zero attached hydrogens (tertiary/aromatic N) is 4. The minimum atomic E-state index is -1.15. The number of piperazine rings is 1. The summed E-state index contributed by atoms with van der Waals surface area (Å²) < 4.78 is 1.54. The van der Waals surface area contributed by atoms with Crippen LogP contribution in [-0.2, 0) is 16.6 Å². The lowest BCUT2D eigenvalue weighted by Gasteiger charge is -2.37. The number of carboxylic acid groups (broad SMARTS) is 2. The highest BCUT2D eigenvalue weighted by Crippen LogP contribution is 2.34. The van der Waals surface area contributed by atoms with Gasteiger partial charge >= 0.3 is 11.9 Å². The third-order valence-electron chi connectivity index (χ3n) is 5.49. The first kappa shape index (κ1) is 20.8. The molecule has 1 atom stereocenters. The fraction of sp³-hybridized carbons (Fsp3) is 0.450. The molecule has 1 aliphatic heterocycles. The Kier molecular flexibility index (Phi) is 5.90. The van der Waals surface area contributed by atoms with Crippen molar-refractivity contribution in [3.05, 3.63) is 35.5 Å². The van der Waals surface area contributed by atoms with Gasteiger partial charge in [-0.15, -0.1) is 0 Å². The monoisotopic (exact) mass is 402 g/mol. The summed E-state index contributed by atoms with van der Waals surface area (Å²) in [6, 6.07) is 6.06. The maximum absolute atomic E-state index is 12.3. The number of hydrogen-bond acceptors (Lipinski definition) is 5. The summed E-state index contributed by atoms with van der Waals surface area (Å²) >= 11 is 0. The van der Waals surface area contributed by atoms with Gasteiger partial charge in [0.1, 0.15) is 11.7 Å². The second kappa shape index (κ2) is 8.22. The maximum Gasteiger partial charge on any atom is 0.352 e. The zero-order valence-electron chi connectivity index (χ0n) is 16.8. The van der Waals surface area contributed by atoms with Crippen LogP contribution < -0.4 is 0 Å². The third kappa shape index (κ3) is 3.96. The smallest absolute Gasteiger partial charge is 0.352 e. The Morgan fingerprint density at radius 2 is 1.69 bits per heavy atom. The van der Waals surface area contributed by atoms with Crippen LogP contribution in [-0.4, -0.2) is 94.1 Å². The fourth-order valence-electron chi connectivity index (χ4n) is 3.93. The highest BCUT2D eigenvalue weighted by molar-refractivity contribution is 6.01. The van der Waals surface area contributed by atoms with Crippen molar-refractivity contribution >= 4 is 28.7 Å². The van der Waals surface area contributed by atoms with Crippen LogP contribution in [0.15, 0.2) is 24.3 Å². The van der Waals surface area contributed by atoms with Crippen LogP contribution in [0.1, 0.15) is 22.1 Å². The second-order valence-electron chi connectivity index (χ2n) is 7.48. The molecule has 29 heavy (non-hydrogen) atoms. The topological polar surface area (TPSA) is 106 Å². The number of likely N-dealkylation sites (N-methyl/N-ethyl adjacent to an activating group) is 1. The SMILES string of the molecule is CN(C)C(=O)CN1CCN([C@@H](C(=O)O)c2c(C(=O)O)n(C)c3ccccc23)CC1. The number of carbonyl (C=O) groups is 3. The molecule has 156 valence electrons. The van der Waals surface area contributed by atoms with Crippen molar-refractivity contribution in [3.63, 3.8) is 0 Å². The molecule has 1 fully saturated rings. The van der Waals surface area contributed by atoms with E-state index in [0.29, 0.717) is 42.6 Å². The number of benzene rings is 1. The molecule has 1 aliphatic rings. The minimum Gasteiger partial charge on any atom is -0.480 e. The first-order valence-electron chi connectivity index (χ1n) is 9.42. The summed E-state index contributed by atoms with van der Waals surface area (Å²) in [5.41, 5.74) is 0.978. The number of aromatic carboxylic acids is 1. The molecule has 1 saturated heterocycles. The Hall–Kier alpha value is -2.91. The van der Waals surface area contributed by atoms with Gasteiger partial charge < -0.3 is 19.7 Å². The van der Waals surface area contributed by atoms with Crippen LogP contribution in [0.25, 0.3) is 10.9 Å². The van der Waals surface area contributed by atoms with Gasteiger partial charge in [-0.3, -0.25) is 19.4 Å². The molecule has 0 unspecified atom stereocenters. The molecule has 1 amide bonds. The number of para-hydroxylation sites is 1. The van der Waals surface area contributed by atoms with Gasteiger partial charge in [-0.25, -0.2) is 4.79 Å². The Bertz CT molecular complexity index is 944. The van der Waals surface area contributed by atoms with Crippen LogP contribution in [0.5, 0.6) is 0 Å². The normalized spacial score (nSPS) is 16.7. The summed E-state index contributed by atoms with van der Waals surface area (Å²) in [7, 11) is 5.04. The first-order valence-corrected chi connectivity index (χ1v) is 9.42. The van der Waals surface area contributed by atoms with Crippen LogP contribution in [0.3, 0.4) is 0 Å². The van der Waals surface area contributed by atoms with Gasteiger partial charge in [0.2, 0.25) is 5.91 Å². The van der Waals surface area contributed by atoms with E-state index in [1.807, 2.05) is 4.90 Å². The fourth-order valence-corrected chi connectivity index (χ4v) is 3.93. The molecular weight excluding hydrogens is 376 g/mol. The maximum atomic E-state index is 12.3. The molecule has 3 rings (SSSR count). The van der Waals surface area contributed by atoms with Crippen molar-refractivity contribution in [2.24, 2.45) is 7.05 Å². The highest BCUT2D eigenvalue weighted by Gasteiger charge is 2.36. The lowest BCUT2D eigenvalue weighted by Crippen LogP contribution is -2.51. The van der Waals surface area contributed by atoms with E-state index in [9.17, 15) is 24.6 Å². The van der Waals surface area contributed by atoms with E-state index >= 15 is 0 Å². The van der Waals surface area contributed by atoms with Gasteiger partial charge in [-0.1, -0.05) is 18.2 Å². The molecule has 2 heterocycles. The lowest BCUT2D eigenvalue weighted by molar-refractivity contribution is -0.145. The molecule has 2 aromatic rings. The Labute approximate surface area is 168 Å². The highest BCUT2D eigenvalue weighted by atomic mass is 16.4. The number of carbonyl (C=O) groups excluding carboxylic acids is 1. The second-order valence-corrected chi connectivity index (χ2v) is 7.48. The zero-order chi connectivity index (χ0) is 21.3. The van der Waals surface area contributed by atoms with Gasteiger partial charge in [0.25, 0.3) is 0 Å². The number of aryl methyl sites for hydroxylation is 1. The molecule has 9 heteroatoms.